The Hall–Kier alpha value is -2.30. The van der Waals surface area contributed by atoms with Crippen molar-refractivity contribution in [3.63, 3.8) is 0 Å². The van der Waals surface area contributed by atoms with E-state index in [1.807, 2.05) is 23.0 Å². The van der Waals surface area contributed by atoms with Crippen LogP contribution in [0.3, 0.4) is 0 Å². The molecule has 1 amide bonds. The predicted molar refractivity (Wildman–Crippen MR) is 97.6 cm³/mol. The number of aryl methyl sites for hydroxylation is 1. The van der Waals surface area contributed by atoms with E-state index in [0.717, 1.165) is 24.5 Å². The average molecular weight is 326 g/mol. The highest BCUT2D eigenvalue weighted by Crippen LogP contribution is 2.26. The van der Waals surface area contributed by atoms with E-state index < -0.39 is 0 Å². The van der Waals surface area contributed by atoms with E-state index in [1.165, 1.54) is 24.1 Å². The number of amides is 1. The fourth-order valence-electron chi connectivity index (χ4n) is 3.18. The van der Waals surface area contributed by atoms with Crippen molar-refractivity contribution in [1.29, 1.82) is 0 Å². The largest absolute Gasteiger partial charge is 0.371 e. The van der Waals surface area contributed by atoms with Gasteiger partial charge in [0.05, 0.1) is 12.1 Å². The van der Waals surface area contributed by atoms with E-state index in [-0.39, 0.29) is 5.91 Å². The number of anilines is 2. The molecule has 0 radical (unpaired) electrons. The van der Waals surface area contributed by atoms with Gasteiger partial charge in [-0.15, -0.1) is 0 Å². The molecular formula is C19H26N4O. The molecule has 128 valence electrons. The normalized spacial score (nSPS) is 14.4. The zero-order valence-corrected chi connectivity index (χ0v) is 14.7. The Bertz CT molecular complexity index is 714. The van der Waals surface area contributed by atoms with Crippen LogP contribution in [0.5, 0.6) is 0 Å². The topological polar surface area (TPSA) is 50.2 Å². The van der Waals surface area contributed by atoms with Gasteiger partial charge in [-0.3, -0.25) is 9.48 Å². The van der Waals surface area contributed by atoms with Crippen molar-refractivity contribution in [2.45, 2.75) is 46.1 Å². The third-order valence-corrected chi connectivity index (χ3v) is 4.46. The summed E-state index contributed by atoms with van der Waals surface area (Å²) in [6, 6.07) is 8.37. The molecule has 5 heteroatoms. The fourth-order valence-corrected chi connectivity index (χ4v) is 3.18. The van der Waals surface area contributed by atoms with Crippen LogP contribution in [0.15, 0.2) is 30.5 Å². The van der Waals surface area contributed by atoms with Crippen molar-refractivity contribution >= 4 is 17.3 Å². The lowest BCUT2D eigenvalue weighted by Gasteiger charge is -2.20. The van der Waals surface area contributed by atoms with E-state index in [1.54, 1.807) is 0 Å². The number of hydrogen-bond acceptors (Lipinski definition) is 3. The molecule has 0 unspecified atom stereocenters. The summed E-state index contributed by atoms with van der Waals surface area (Å²) >= 11 is 0. The standard InChI is InChI=1S/C19H26N4O/c1-14(2)23-11-8-17(21-23)13-19(24)20-16-6-7-18(15(3)12-16)22-9-4-5-10-22/h6-8,11-12,14H,4-5,9-10,13H2,1-3H3,(H,20,24). The minimum Gasteiger partial charge on any atom is -0.371 e. The molecule has 2 heterocycles. The Morgan fingerprint density at radius 2 is 2.00 bits per heavy atom. The third kappa shape index (κ3) is 3.78. The zero-order chi connectivity index (χ0) is 17.1. The molecule has 0 bridgehead atoms. The molecule has 2 aromatic rings. The highest BCUT2D eigenvalue weighted by atomic mass is 16.1. The van der Waals surface area contributed by atoms with Crippen molar-refractivity contribution in [2.24, 2.45) is 0 Å². The van der Waals surface area contributed by atoms with Gasteiger partial charge in [-0.1, -0.05) is 0 Å². The number of aromatic nitrogens is 2. The van der Waals surface area contributed by atoms with Gasteiger partial charge in [0.25, 0.3) is 0 Å². The maximum absolute atomic E-state index is 12.2. The second kappa shape index (κ2) is 7.07. The van der Waals surface area contributed by atoms with Crippen molar-refractivity contribution in [3.05, 3.63) is 41.7 Å². The summed E-state index contributed by atoms with van der Waals surface area (Å²) in [7, 11) is 0. The number of nitrogens with one attached hydrogen (secondary N) is 1. The van der Waals surface area contributed by atoms with Crippen LogP contribution in [0, 0.1) is 6.92 Å². The molecule has 24 heavy (non-hydrogen) atoms. The number of carbonyl (C=O) groups is 1. The molecule has 1 fully saturated rings. The summed E-state index contributed by atoms with van der Waals surface area (Å²) in [6.07, 6.45) is 4.75. The Balaban J connectivity index is 1.62. The highest BCUT2D eigenvalue weighted by molar-refractivity contribution is 5.92. The number of rotatable bonds is 5. The maximum atomic E-state index is 12.2. The molecule has 5 nitrogen and oxygen atoms in total. The molecule has 3 rings (SSSR count). The monoisotopic (exact) mass is 326 g/mol. The lowest BCUT2D eigenvalue weighted by atomic mass is 10.1. The minimum absolute atomic E-state index is 0.0303. The summed E-state index contributed by atoms with van der Waals surface area (Å²) in [5, 5.41) is 7.41. The van der Waals surface area contributed by atoms with Gasteiger partial charge < -0.3 is 10.2 Å². The van der Waals surface area contributed by atoms with E-state index in [0.29, 0.717) is 12.5 Å². The Labute approximate surface area is 143 Å². The molecule has 1 aliphatic heterocycles. The average Bonchev–Trinajstić information content (AvgIpc) is 3.18. The number of benzene rings is 1. The van der Waals surface area contributed by atoms with Crippen molar-refractivity contribution in [2.75, 3.05) is 23.3 Å². The summed E-state index contributed by atoms with van der Waals surface area (Å²) in [5.41, 5.74) is 4.13. The molecule has 0 aliphatic carbocycles. The second-order valence-corrected chi connectivity index (χ2v) is 6.80. The number of hydrogen-bond donors (Lipinski definition) is 1. The number of carbonyl (C=O) groups excluding carboxylic acids is 1. The van der Waals surface area contributed by atoms with Gasteiger partial charge in [0, 0.05) is 36.7 Å². The Morgan fingerprint density at radius 1 is 1.25 bits per heavy atom. The van der Waals surface area contributed by atoms with Crippen LogP contribution in [0.2, 0.25) is 0 Å². The lowest BCUT2D eigenvalue weighted by molar-refractivity contribution is -0.115. The van der Waals surface area contributed by atoms with Crippen molar-refractivity contribution in [3.8, 4) is 0 Å². The first-order valence-corrected chi connectivity index (χ1v) is 8.72. The lowest BCUT2D eigenvalue weighted by Crippen LogP contribution is -2.19. The Morgan fingerprint density at radius 3 is 2.62 bits per heavy atom. The highest BCUT2D eigenvalue weighted by Gasteiger charge is 2.15. The minimum atomic E-state index is -0.0303. The van der Waals surface area contributed by atoms with E-state index in [9.17, 15) is 4.79 Å². The molecule has 0 atom stereocenters. The van der Waals surface area contributed by atoms with Gasteiger partial charge in [-0.2, -0.15) is 5.10 Å². The summed E-state index contributed by atoms with van der Waals surface area (Å²) < 4.78 is 1.87. The first kappa shape index (κ1) is 16.6. The molecule has 1 aliphatic rings. The third-order valence-electron chi connectivity index (χ3n) is 4.46. The van der Waals surface area contributed by atoms with Crippen LogP contribution >= 0.6 is 0 Å². The second-order valence-electron chi connectivity index (χ2n) is 6.80. The van der Waals surface area contributed by atoms with E-state index >= 15 is 0 Å². The van der Waals surface area contributed by atoms with Crippen molar-refractivity contribution < 1.29 is 4.79 Å². The number of nitrogens with zero attached hydrogens (tertiary/aromatic N) is 3. The van der Waals surface area contributed by atoms with E-state index in [2.05, 4.69) is 48.2 Å². The molecule has 1 N–H and O–H groups in total. The molecular weight excluding hydrogens is 300 g/mol. The summed E-state index contributed by atoms with van der Waals surface area (Å²) in [4.78, 5) is 14.7. The van der Waals surface area contributed by atoms with Crippen LogP contribution < -0.4 is 10.2 Å². The molecule has 1 saturated heterocycles. The van der Waals surface area contributed by atoms with Gasteiger partial charge in [-0.25, -0.2) is 0 Å². The van der Waals surface area contributed by atoms with Gasteiger partial charge >= 0.3 is 0 Å². The zero-order valence-electron chi connectivity index (χ0n) is 14.7. The van der Waals surface area contributed by atoms with Crippen LogP contribution in [-0.2, 0) is 11.2 Å². The Kier molecular flexibility index (Phi) is 4.88. The van der Waals surface area contributed by atoms with Crippen LogP contribution in [0.4, 0.5) is 11.4 Å². The van der Waals surface area contributed by atoms with Gasteiger partial charge in [0.2, 0.25) is 5.91 Å². The van der Waals surface area contributed by atoms with Crippen LogP contribution in [0.25, 0.3) is 0 Å². The molecule has 1 aromatic heterocycles. The first-order valence-electron chi connectivity index (χ1n) is 8.72. The van der Waals surface area contributed by atoms with Gasteiger partial charge in [0.15, 0.2) is 0 Å². The van der Waals surface area contributed by atoms with Crippen LogP contribution in [0.1, 0.15) is 44.0 Å². The van der Waals surface area contributed by atoms with Crippen molar-refractivity contribution in [1.82, 2.24) is 9.78 Å². The first-order chi connectivity index (χ1) is 11.5. The quantitative estimate of drug-likeness (QED) is 0.914. The maximum Gasteiger partial charge on any atom is 0.230 e. The van der Waals surface area contributed by atoms with Gasteiger partial charge in [-0.05, 0) is 63.4 Å². The van der Waals surface area contributed by atoms with E-state index in [4.69, 9.17) is 0 Å². The SMILES string of the molecule is Cc1cc(NC(=O)Cc2ccn(C(C)C)n2)ccc1N1CCCC1. The summed E-state index contributed by atoms with van der Waals surface area (Å²) in [6.45, 7) is 8.51. The molecule has 1 aromatic carbocycles. The smallest absolute Gasteiger partial charge is 0.230 e. The van der Waals surface area contributed by atoms with Gasteiger partial charge in [0.1, 0.15) is 0 Å². The van der Waals surface area contributed by atoms with Crippen LogP contribution in [-0.4, -0.2) is 28.8 Å². The predicted octanol–water partition coefficient (Wildman–Crippen LogP) is 3.55. The molecule has 0 spiro atoms. The summed E-state index contributed by atoms with van der Waals surface area (Å²) in [5.74, 6) is -0.0303. The molecule has 0 saturated carbocycles. The fraction of sp³-hybridized carbons (Fsp3) is 0.474.